The third-order valence-corrected chi connectivity index (χ3v) is 2.12. The van der Waals surface area contributed by atoms with Crippen LogP contribution in [-0.2, 0) is 4.79 Å². The second-order valence-electron chi connectivity index (χ2n) is 5.13. The fraction of sp³-hybridized carbons (Fsp3) is 0.909. The van der Waals surface area contributed by atoms with Crippen LogP contribution in [0.4, 0.5) is 0 Å². The van der Waals surface area contributed by atoms with Crippen LogP contribution in [0.2, 0.25) is 0 Å². The zero-order chi connectivity index (χ0) is 12.3. The highest BCUT2D eigenvalue weighted by atomic mass is 16.3. The van der Waals surface area contributed by atoms with E-state index in [4.69, 9.17) is 0 Å². The Morgan fingerprint density at radius 1 is 1.33 bits per heavy atom. The standard InChI is InChI=1S/C11H24N2O2/c1-7-12-11(4,5)9(14)13(6)8-10(2,3)15/h12,15H,7-8H2,1-6H3. The molecule has 0 rings (SSSR count). The van der Waals surface area contributed by atoms with Crippen molar-refractivity contribution < 1.29 is 9.90 Å². The summed E-state index contributed by atoms with van der Waals surface area (Å²) in [5, 5.41) is 12.7. The number of likely N-dealkylation sites (N-methyl/N-ethyl adjacent to an activating group) is 2. The van der Waals surface area contributed by atoms with E-state index in [0.717, 1.165) is 6.54 Å². The van der Waals surface area contributed by atoms with Crippen LogP contribution >= 0.6 is 0 Å². The number of nitrogens with zero attached hydrogens (tertiary/aromatic N) is 1. The van der Waals surface area contributed by atoms with Crippen LogP contribution < -0.4 is 5.32 Å². The van der Waals surface area contributed by atoms with E-state index >= 15 is 0 Å². The van der Waals surface area contributed by atoms with E-state index in [2.05, 4.69) is 5.32 Å². The third-order valence-electron chi connectivity index (χ3n) is 2.12. The van der Waals surface area contributed by atoms with Crippen molar-refractivity contribution in [1.82, 2.24) is 10.2 Å². The first-order chi connectivity index (χ1) is 6.60. The van der Waals surface area contributed by atoms with Gasteiger partial charge < -0.3 is 15.3 Å². The van der Waals surface area contributed by atoms with Crippen molar-refractivity contribution in [2.45, 2.75) is 45.8 Å². The Labute approximate surface area is 92.7 Å². The lowest BCUT2D eigenvalue weighted by Gasteiger charge is -2.33. The number of amides is 1. The van der Waals surface area contributed by atoms with E-state index in [1.165, 1.54) is 0 Å². The van der Waals surface area contributed by atoms with Crippen LogP contribution in [-0.4, -0.2) is 47.2 Å². The fourth-order valence-electron chi connectivity index (χ4n) is 1.65. The molecule has 0 bridgehead atoms. The van der Waals surface area contributed by atoms with Crippen molar-refractivity contribution in [2.75, 3.05) is 20.1 Å². The van der Waals surface area contributed by atoms with E-state index in [1.54, 1.807) is 25.8 Å². The molecule has 0 fully saturated rings. The lowest BCUT2D eigenvalue weighted by atomic mass is 10.0. The summed E-state index contributed by atoms with van der Waals surface area (Å²) in [5.41, 5.74) is -1.43. The molecule has 0 aliphatic carbocycles. The van der Waals surface area contributed by atoms with Gasteiger partial charge in [0.25, 0.3) is 0 Å². The largest absolute Gasteiger partial charge is 0.389 e. The predicted molar refractivity (Wildman–Crippen MR) is 61.7 cm³/mol. The van der Waals surface area contributed by atoms with Crippen LogP contribution in [0.25, 0.3) is 0 Å². The summed E-state index contributed by atoms with van der Waals surface area (Å²) in [7, 11) is 1.71. The van der Waals surface area contributed by atoms with E-state index in [9.17, 15) is 9.90 Å². The van der Waals surface area contributed by atoms with Crippen LogP contribution in [0.3, 0.4) is 0 Å². The van der Waals surface area contributed by atoms with Gasteiger partial charge in [-0.15, -0.1) is 0 Å². The molecule has 1 amide bonds. The van der Waals surface area contributed by atoms with Crippen molar-refractivity contribution >= 4 is 5.91 Å². The van der Waals surface area contributed by atoms with Gasteiger partial charge in [-0.05, 0) is 34.2 Å². The average molecular weight is 216 g/mol. The number of aliphatic hydroxyl groups is 1. The maximum atomic E-state index is 12.0. The molecule has 4 nitrogen and oxygen atoms in total. The Kier molecular flexibility index (Phi) is 4.74. The SMILES string of the molecule is CCNC(C)(C)C(=O)N(C)CC(C)(C)O. The molecular formula is C11H24N2O2. The van der Waals surface area contributed by atoms with Gasteiger partial charge in [-0.2, -0.15) is 0 Å². The lowest BCUT2D eigenvalue weighted by molar-refractivity contribution is -0.138. The molecule has 0 aromatic rings. The quantitative estimate of drug-likeness (QED) is 0.708. The molecule has 4 heteroatoms. The highest BCUT2D eigenvalue weighted by molar-refractivity contribution is 5.85. The van der Waals surface area contributed by atoms with Crippen LogP contribution in [0.5, 0.6) is 0 Å². The first-order valence-corrected chi connectivity index (χ1v) is 5.33. The minimum absolute atomic E-state index is 0.00789. The minimum Gasteiger partial charge on any atom is -0.389 e. The van der Waals surface area contributed by atoms with Gasteiger partial charge in [0.2, 0.25) is 5.91 Å². The molecule has 0 atom stereocenters. The number of hydrogen-bond acceptors (Lipinski definition) is 3. The summed E-state index contributed by atoms with van der Waals surface area (Å²) in [6, 6.07) is 0. The van der Waals surface area contributed by atoms with E-state index < -0.39 is 11.1 Å². The van der Waals surface area contributed by atoms with Gasteiger partial charge in [-0.1, -0.05) is 6.92 Å². The molecule has 0 heterocycles. The molecule has 2 N–H and O–H groups in total. The predicted octanol–water partition coefficient (Wildman–Crippen LogP) is 0.604. The Morgan fingerprint density at radius 3 is 2.13 bits per heavy atom. The van der Waals surface area contributed by atoms with Gasteiger partial charge in [-0.25, -0.2) is 0 Å². The van der Waals surface area contributed by atoms with Crippen molar-refractivity contribution in [2.24, 2.45) is 0 Å². The van der Waals surface area contributed by atoms with E-state index in [0.29, 0.717) is 6.54 Å². The van der Waals surface area contributed by atoms with Gasteiger partial charge in [-0.3, -0.25) is 4.79 Å². The van der Waals surface area contributed by atoms with Crippen LogP contribution in [0, 0.1) is 0 Å². The van der Waals surface area contributed by atoms with Crippen molar-refractivity contribution in [3.05, 3.63) is 0 Å². The molecule has 0 saturated heterocycles. The summed E-state index contributed by atoms with van der Waals surface area (Å²) in [4.78, 5) is 13.5. The van der Waals surface area contributed by atoms with Crippen molar-refractivity contribution in [1.29, 1.82) is 0 Å². The van der Waals surface area contributed by atoms with Gasteiger partial charge >= 0.3 is 0 Å². The number of rotatable bonds is 5. The number of hydrogen-bond donors (Lipinski definition) is 2. The Hall–Kier alpha value is -0.610. The average Bonchev–Trinajstić information content (AvgIpc) is 1.99. The lowest BCUT2D eigenvalue weighted by Crippen LogP contribution is -2.55. The van der Waals surface area contributed by atoms with Crippen molar-refractivity contribution in [3.63, 3.8) is 0 Å². The Bertz CT molecular complexity index is 219. The highest BCUT2D eigenvalue weighted by Crippen LogP contribution is 2.10. The smallest absolute Gasteiger partial charge is 0.242 e. The number of carbonyl (C=O) groups excluding carboxylic acids is 1. The molecule has 0 aliphatic rings. The third kappa shape index (κ3) is 5.14. The van der Waals surface area contributed by atoms with E-state index in [1.807, 2.05) is 20.8 Å². The van der Waals surface area contributed by atoms with Gasteiger partial charge in [0.05, 0.1) is 11.1 Å². The zero-order valence-electron chi connectivity index (χ0n) is 10.7. The van der Waals surface area contributed by atoms with Crippen LogP contribution in [0.15, 0.2) is 0 Å². The van der Waals surface area contributed by atoms with Crippen molar-refractivity contribution in [3.8, 4) is 0 Å². The monoisotopic (exact) mass is 216 g/mol. The first-order valence-electron chi connectivity index (χ1n) is 5.33. The fourth-order valence-corrected chi connectivity index (χ4v) is 1.65. The molecule has 0 radical (unpaired) electrons. The molecule has 90 valence electrons. The normalized spacial score (nSPS) is 12.7. The minimum atomic E-state index is -0.854. The van der Waals surface area contributed by atoms with Gasteiger partial charge in [0.15, 0.2) is 0 Å². The summed E-state index contributed by atoms with van der Waals surface area (Å²) in [6.07, 6.45) is 0. The molecule has 0 spiro atoms. The molecular weight excluding hydrogens is 192 g/mol. The number of carbonyl (C=O) groups is 1. The van der Waals surface area contributed by atoms with Crippen LogP contribution in [0.1, 0.15) is 34.6 Å². The Balaban J connectivity index is 4.44. The maximum absolute atomic E-state index is 12.0. The molecule has 0 unspecified atom stereocenters. The molecule has 15 heavy (non-hydrogen) atoms. The van der Waals surface area contributed by atoms with Gasteiger partial charge in [0.1, 0.15) is 0 Å². The summed E-state index contributed by atoms with van der Waals surface area (Å²) in [6.45, 7) is 10.1. The molecule has 0 aromatic heterocycles. The summed E-state index contributed by atoms with van der Waals surface area (Å²) >= 11 is 0. The summed E-state index contributed by atoms with van der Waals surface area (Å²) in [5.74, 6) is -0.00789. The summed E-state index contributed by atoms with van der Waals surface area (Å²) < 4.78 is 0. The van der Waals surface area contributed by atoms with E-state index in [-0.39, 0.29) is 5.91 Å². The first kappa shape index (κ1) is 14.4. The maximum Gasteiger partial charge on any atom is 0.242 e. The molecule has 0 saturated carbocycles. The number of nitrogens with one attached hydrogen (secondary N) is 1. The second kappa shape index (κ2) is 4.94. The zero-order valence-corrected chi connectivity index (χ0v) is 10.7. The molecule has 0 aromatic carbocycles. The highest BCUT2D eigenvalue weighted by Gasteiger charge is 2.31. The van der Waals surface area contributed by atoms with Gasteiger partial charge in [0, 0.05) is 13.6 Å². The second-order valence-corrected chi connectivity index (χ2v) is 5.13. The Morgan fingerprint density at radius 2 is 1.80 bits per heavy atom. The topological polar surface area (TPSA) is 52.6 Å². The molecule has 0 aliphatic heterocycles.